The van der Waals surface area contributed by atoms with Crippen molar-refractivity contribution in [2.45, 2.75) is 44.7 Å². The summed E-state index contributed by atoms with van der Waals surface area (Å²) in [4.78, 5) is 0.323. The monoisotopic (exact) mass is 272 g/mol. The van der Waals surface area contributed by atoms with Gasteiger partial charge in [-0.2, -0.15) is 9.40 Å². The highest BCUT2D eigenvalue weighted by Crippen LogP contribution is 2.24. The Kier molecular flexibility index (Phi) is 3.48. The van der Waals surface area contributed by atoms with Gasteiger partial charge in [-0.15, -0.1) is 0 Å². The summed E-state index contributed by atoms with van der Waals surface area (Å²) in [6.07, 6.45) is 0. The number of piperazine rings is 1. The maximum absolute atomic E-state index is 12.7. The fourth-order valence-corrected chi connectivity index (χ4v) is 4.42. The van der Waals surface area contributed by atoms with Crippen LogP contribution in [0.15, 0.2) is 4.90 Å². The van der Waals surface area contributed by atoms with Gasteiger partial charge in [0.1, 0.15) is 4.90 Å². The summed E-state index contributed by atoms with van der Waals surface area (Å²) in [6.45, 7) is 8.53. The Bertz CT molecular complexity index is 518. The minimum atomic E-state index is -3.46. The van der Waals surface area contributed by atoms with Crippen LogP contribution in [0.1, 0.15) is 25.2 Å². The van der Waals surface area contributed by atoms with Gasteiger partial charge >= 0.3 is 0 Å². The zero-order valence-corrected chi connectivity index (χ0v) is 12.0. The number of rotatable bonds is 2. The molecule has 2 atom stereocenters. The summed E-state index contributed by atoms with van der Waals surface area (Å²) in [5.74, 6) is 0. The second-order valence-electron chi connectivity index (χ2n) is 5.00. The van der Waals surface area contributed by atoms with Crippen molar-refractivity contribution in [3.05, 3.63) is 11.4 Å². The second kappa shape index (κ2) is 4.64. The molecule has 7 heteroatoms. The fourth-order valence-electron chi connectivity index (χ4n) is 2.36. The van der Waals surface area contributed by atoms with E-state index < -0.39 is 10.0 Å². The molecule has 1 aliphatic heterocycles. The summed E-state index contributed by atoms with van der Waals surface area (Å²) >= 11 is 0. The van der Waals surface area contributed by atoms with Crippen LogP contribution in [-0.4, -0.2) is 48.1 Å². The van der Waals surface area contributed by atoms with Gasteiger partial charge in [-0.1, -0.05) is 0 Å². The Morgan fingerprint density at radius 1 is 1.33 bits per heavy atom. The van der Waals surface area contributed by atoms with Gasteiger partial charge in [-0.05, 0) is 27.7 Å². The summed E-state index contributed by atoms with van der Waals surface area (Å²) in [7, 11) is -3.46. The average Bonchev–Trinajstić information content (AvgIpc) is 2.62. The van der Waals surface area contributed by atoms with E-state index in [1.165, 1.54) is 0 Å². The molecule has 1 aromatic rings. The molecule has 1 aromatic heterocycles. The number of hydrogen-bond acceptors (Lipinski definition) is 4. The van der Waals surface area contributed by atoms with Crippen LogP contribution < -0.4 is 5.32 Å². The number of H-pyrrole nitrogens is 1. The molecule has 1 saturated heterocycles. The maximum Gasteiger partial charge on any atom is 0.247 e. The fraction of sp³-hybridized carbons (Fsp3) is 0.727. The van der Waals surface area contributed by atoms with Crippen molar-refractivity contribution in [3.8, 4) is 0 Å². The van der Waals surface area contributed by atoms with Gasteiger partial charge in [0, 0.05) is 25.2 Å². The minimum absolute atomic E-state index is 0.0418. The first-order valence-electron chi connectivity index (χ1n) is 6.11. The largest absolute Gasteiger partial charge is 0.311 e. The van der Waals surface area contributed by atoms with Gasteiger partial charge in [0.05, 0.1) is 11.4 Å². The molecule has 1 aliphatic rings. The van der Waals surface area contributed by atoms with Crippen LogP contribution in [0.4, 0.5) is 0 Å². The van der Waals surface area contributed by atoms with E-state index in [2.05, 4.69) is 15.5 Å². The third kappa shape index (κ3) is 2.17. The molecule has 102 valence electrons. The van der Waals surface area contributed by atoms with Gasteiger partial charge in [-0.25, -0.2) is 8.42 Å². The van der Waals surface area contributed by atoms with Crippen molar-refractivity contribution in [3.63, 3.8) is 0 Å². The Labute approximate surface area is 108 Å². The molecule has 0 bridgehead atoms. The van der Waals surface area contributed by atoms with Crippen molar-refractivity contribution in [2.75, 3.05) is 13.1 Å². The Morgan fingerprint density at radius 2 is 2.00 bits per heavy atom. The van der Waals surface area contributed by atoms with Gasteiger partial charge in [0.15, 0.2) is 0 Å². The van der Waals surface area contributed by atoms with Crippen molar-refractivity contribution >= 4 is 10.0 Å². The Hall–Kier alpha value is -0.920. The number of hydrogen-bond donors (Lipinski definition) is 2. The van der Waals surface area contributed by atoms with Crippen molar-refractivity contribution in [1.29, 1.82) is 0 Å². The lowest BCUT2D eigenvalue weighted by Crippen LogP contribution is -2.56. The summed E-state index contributed by atoms with van der Waals surface area (Å²) in [5.41, 5.74) is 1.14. The number of aryl methyl sites for hydroxylation is 2. The van der Waals surface area contributed by atoms with E-state index in [9.17, 15) is 8.42 Å². The first-order chi connectivity index (χ1) is 8.34. The minimum Gasteiger partial charge on any atom is -0.311 e. The molecule has 0 amide bonds. The molecular formula is C11H20N4O2S. The lowest BCUT2D eigenvalue weighted by Gasteiger charge is -2.36. The highest BCUT2D eigenvalue weighted by Gasteiger charge is 2.36. The molecule has 0 radical (unpaired) electrons. The van der Waals surface area contributed by atoms with Gasteiger partial charge in [-0.3, -0.25) is 5.10 Å². The molecule has 2 rings (SSSR count). The van der Waals surface area contributed by atoms with E-state index in [1.807, 2.05) is 13.8 Å². The predicted octanol–water partition coefficient (Wildman–Crippen LogP) is 0.397. The topological polar surface area (TPSA) is 78.1 Å². The molecule has 0 saturated carbocycles. The summed E-state index contributed by atoms with van der Waals surface area (Å²) < 4.78 is 26.9. The first-order valence-corrected chi connectivity index (χ1v) is 7.55. The van der Waals surface area contributed by atoms with Gasteiger partial charge in [0.25, 0.3) is 0 Å². The Morgan fingerprint density at radius 3 is 2.56 bits per heavy atom. The number of sulfonamides is 1. The van der Waals surface area contributed by atoms with Crippen LogP contribution in [0.25, 0.3) is 0 Å². The number of aromatic amines is 1. The molecule has 2 heterocycles. The van der Waals surface area contributed by atoms with Crippen LogP contribution in [0, 0.1) is 13.8 Å². The molecule has 0 aliphatic carbocycles. The van der Waals surface area contributed by atoms with Crippen LogP contribution in [-0.2, 0) is 10.0 Å². The highest BCUT2D eigenvalue weighted by molar-refractivity contribution is 7.89. The number of aromatic nitrogens is 2. The van der Waals surface area contributed by atoms with E-state index in [1.54, 1.807) is 18.2 Å². The Balaban J connectivity index is 2.42. The van der Waals surface area contributed by atoms with Crippen molar-refractivity contribution in [2.24, 2.45) is 0 Å². The molecule has 2 N–H and O–H groups in total. The average molecular weight is 272 g/mol. The smallest absolute Gasteiger partial charge is 0.247 e. The van der Waals surface area contributed by atoms with Gasteiger partial charge in [0.2, 0.25) is 10.0 Å². The maximum atomic E-state index is 12.7. The zero-order valence-electron chi connectivity index (χ0n) is 11.2. The molecule has 18 heavy (non-hydrogen) atoms. The molecule has 0 spiro atoms. The SMILES string of the molecule is Cc1n[nH]c(C)c1S(=O)(=O)N1CC(C)NCC1C. The van der Waals surface area contributed by atoms with E-state index >= 15 is 0 Å². The van der Waals surface area contributed by atoms with Crippen LogP contribution in [0.5, 0.6) is 0 Å². The van der Waals surface area contributed by atoms with Crippen LogP contribution in [0.2, 0.25) is 0 Å². The highest BCUT2D eigenvalue weighted by atomic mass is 32.2. The lowest BCUT2D eigenvalue weighted by atomic mass is 10.2. The molecule has 0 aromatic carbocycles. The summed E-state index contributed by atoms with van der Waals surface area (Å²) in [6, 6.07) is 0.128. The van der Waals surface area contributed by atoms with Crippen molar-refractivity contribution < 1.29 is 8.42 Å². The van der Waals surface area contributed by atoms with Gasteiger partial charge < -0.3 is 5.32 Å². The first kappa shape index (κ1) is 13.5. The van der Waals surface area contributed by atoms with Crippen LogP contribution >= 0.6 is 0 Å². The third-order valence-electron chi connectivity index (χ3n) is 3.33. The zero-order chi connectivity index (χ0) is 13.5. The summed E-state index contributed by atoms with van der Waals surface area (Å²) in [5, 5.41) is 9.99. The molecule has 6 nitrogen and oxygen atoms in total. The normalized spacial score (nSPS) is 26.4. The van der Waals surface area contributed by atoms with E-state index in [0.29, 0.717) is 29.4 Å². The molecular weight excluding hydrogens is 252 g/mol. The number of nitrogens with one attached hydrogen (secondary N) is 2. The second-order valence-corrected chi connectivity index (χ2v) is 6.82. The lowest BCUT2D eigenvalue weighted by molar-refractivity contribution is 0.244. The molecule has 2 unspecified atom stereocenters. The van der Waals surface area contributed by atoms with E-state index in [-0.39, 0.29) is 12.1 Å². The predicted molar refractivity (Wildman–Crippen MR) is 68.9 cm³/mol. The van der Waals surface area contributed by atoms with Crippen molar-refractivity contribution in [1.82, 2.24) is 19.8 Å². The van der Waals surface area contributed by atoms with Crippen LogP contribution in [0.3, 0.4) is 0 Å². The number of nitrogens with zero attached hydrogens (tertiary/aromatic N) is 2. The molecule has 1 fully saturated rings. The van der Waals surface area contributed by atoms with E-state index in [4.69, 9.17) is 0 Å². The quantitative estimate of drug-likeness (QED) is 0.817. The van der Waals surface area contributed by atoms with E-state index in [0.717, 1.165) is 0 Å². The third-order valence-corrected chi connectivity index (χ3v) is 5.58. The standard InChI is InChI=1S/C11H20N4O2S/c1-7-6-15(8(2)5-12-7)18(16,17)11-9(3)13-14-10(11)4/h7-8,12H,5-6H2,1-4H3,(H,13,14).